The molecular formula is C73H125N11O13. The van der Waals surface area contributed by atoms with E-state index in [0.717, 1.165) is 41.9 Å². The second-order valence-corrected chi connectivity index (χ2v) is 29.7. The summed E-state index contributed by atoms with van der Waals surface area (Å²) in [7, 11) is 9.96. The van der Waals surface area contributed by atoms with Crippen molar-refractivity contribution in [2.75, 3.05) is 55.9 Å². The first-order valence-corrected chi connectivity index (χ1v) is 35.5. The van der Waals surface area contributed by atoms with E-state index in [1.807, 2.05) is 85.7 Å². The number of rotatable bonds is 23. The predicted octanol–water partition coefficient (Wildman–Crippen LogP) is 6.31. The molecule has 0 aliphatic carbocycles. The first-order valence-electron chi connectivity index (χ1n) is 35.5. The van der Waals surface area contributed by atoms with Gasteiger partial charge in [0.15, 0.2) is 5.78 Å². The van der Waals surface area contributed by atoms with Gasteiger partial charge in [-0.3, -0.25) is 57.5 Å². The molecule has 24 nitrogen and oxygen atoms in total. The molecule has 0 saturated carbocycles. The molecule has 1 fully saturated rings. The van der Waals surface area contributed by atoms with Crippen molar-refractivity contribution in [3.8, 4) is 0 Å². The second kappa shape index (κ2) is 40.8. The van der Waals surface area contributed by atoms with Crippen LogP contribution >= 0.6 is 0 Å². The second-order valence-electron chi connectivity index (χ2n) is 29.7. The Morgan fingerprint density at radius 1 is 0.454 bits per heavy atom. The van der Waals surface area contributed by atoms with E-state index >= 15 is 19.2 Å². The van der Waals surface area contributed by atoms with Gasteiger partial charge in [0.25, 0.3) is 0 Å². The van der Waals surface area contributed by atoms with Crippen molar-refractivity contribution in [2.24, 2.45) is 41.4 Å². The number of carbonyl (C=O) groups is 12. The van der Waals surface area contributed by atoms with Crippen molar-refractivity contribution in [3.63, 3.8) is 0 Å². The first kappa shape index (κ1) is 86.1. The Hall–Kier alpha value is -6.98. The Morgan fingerprint density at radius 3 is 1.38 bits per heavy atom. The van der Waals surface area contributed by atoms with Crippen LogP contribution in [0.3, 0.4) is 0 Å². The number of likely N-dealkylation sites (N-methyl/N-ethyl adjacent to an activating group) is 7. The van der Waals surface area contributed by atoms with Gasteiger partial charge in [-0.1, -0.05) is 159 Å². The maximum absolute atomic E-state index is 15.4. The number of nitrogens with zero attached hydrogens (tertiary/aromatic N) is 7. The SMILES string of the molecule is CC[C@@H]1NC(=O)[C@H]([C@H](O)[C@H](C)CCCCCCCCC(=O)c2ccccc2)N(C)C(=O)[C@H](C(C)C)N(C)C(=O)[C@H](CC(C)C)N(C)C(=O)[C@H](CC(C)C)N(C)C(=O)[C@@H](C)NC(=O)[C@H](C)NC(=O)[C@H](CC(C)C)N(C)C(=O)[C@H](C(C)C)NC(=O)[C@H](CC(C)C)N(C)C(=O)CN(C)C1=O. The van der Waals surface area contributed by atoms with Crippen molar-refractivity contribution in [2.45, 2.75) is 261 Å². The summed E-state index contributed by atoms with van der Waals surface area (Å²) < 4.78 is 0. The lowest BCUT2D eigenvalue weighted by Crippen LogP contribution is -2.63. The number of aliphatic hydroxyl groups excluding tert-OH is 1. The largest absolute Gasteiger partial charge is 0.390 e. The van der Waals surface area contributed by atoms with Crippen LogP contribution in [-0.2, 0) is 52.7 Å². The van der Waals surface area contributed by atoms with Gasteiger partial charge in [-0.15, -0.1) is 0 Å². The average molecular weight is 1360 g/mol. The lowest BCUT2D eigenvalue weighted by Gasteiger charge is -2.41. The van der Waals surface area contributed by atoms with Crippen LogP contribution in [0.25, 0.3) is 0 Å². The van der Waals surface area contributed by atoms with Crippen molar-refractivity contribution in [3.05, 3.63) is 35.9 Å². The molecule has 5 N–H and O–H groups in total. The number of nitrogens with one attached hydrogen (secondary N) is 4. The lowest BCUT2D eigenvalue weighted by atomic mass is 9.90. The highest BCUT2D eigenvalue weighted by atomic mass is 16.3. The quantitative estimate of drug-likeness (QED) is 0.0594. The third kappa shape index (κ3) is 25.7. The van der Waals surface area contributed by atoms with Crippen LogP contribution in [0.2, 0.25) is 0 Å². The molecule has 550 valence electrons. The van der Waals surface area contributed by atoms with Crippen molar-refractivity contribution in [1.29, 1.82) is 0 Å². The van der Waals surface area contributed by atoms with Crippen molar-refractivity contribution < 1.29 is 62.6 Å². The summed E-state index contributed by atoms with van der Waals surface area (Å²) in [6.07, 6.45) is 4.79. The van der Waals surface area contributed by atoms with Gasteiger partial charge in [0, 0.05) is 61.3 Å². The molecule has 12 atom stereocenters. The van der Waals surface area contributed by atoms with E-state index in [1.165, 1.54) is 87.7 Å². The summed E-state index contributed by atoms with van der Waals surface area (Å²) in [6, 6.07) is -3.29. The molecule has 97 heavy (non-hydrogen) atoms. The molecule has 1 aromatic rings. The van der Waals surface area contributed by atoms with Gasteiger partial charge in [0.2, 0.25) is 65.0 Å². The van der Waals surface area contributed by atoms with Gasteiger partial charge in [-0.2, -0.15) is 0 Å². The molecular weight excluding hydrogens is 1240 g/mol. The molecule has 0 spiro atoms. The van der Waals surface area contributed by atoms with E-state index < -0.39 is 156 Å². The fourth-order valence-electron chi connectivity index (χ4n) is 12.6. The highest BCUT2D eigenvalue weighted by Crippen LogP contribution is 2.27. The zero-order chi connectivity index (χ0) is 74.2. The molecule has 2 rings (SSSR count). The summed E-state index contributed by atoms with van der Waals surface area (Å²) in [5.41, 5.74) is 0.689. The fraction of sp³-hybridized carbons (Fsp3) is 0.753. The Morgan fingerprint density at radius 2 is 0.887 bits per heavy atom. The molecule has 0 aromatic heterocycles. The van der Waals surface area contributed by atoms with Crippen LogP contribution < -0.4 is 21.3 Å². The Balaban J connectivity index is 2.87. The number of aliphatic hydroxyl groups is 1. The molecule has 0 unspecified atom stereocenters. The monoisotopic (exact) mass is 1360 g/mol. The molecule has 1 saturated heterocycles. The molecule has 24 heteroatoms. The topological polar surface area (TPSA) is 296 Å². The average Bonchev–Trinajstić information content (AvgIpc) is 0.807. The van der Waals surface area contributed by atoms with Gasteiger partial charge < -0.3 is 60.7 Å². The minimum atomic E-state index is -1.63. The lowest BCUT2D eigenvalue weighted by molar-refractivity contribution is -0.157. The summed E-state index contributed by atoms with van der Waals surface area (Å²) in [6.45, 7) is 27.6. The van der Waals surface area contributed by atoms with Crippen molar-refractivity contribution >= 4 is 70.8 Å². The molecule has 11 amide bonds. The van der Waals surface area contributed by atoms with E-state index in [-0.39, 0.29) is 61.6 Å². The molecule has 0 radical (unpaired) electrons. The number of Topliss-reactive ketones (excluding diaryl/α,β-unsaturated/α-hetero) is 1. The van der Waals surface area contributed by atoms with Gasteiger partial charge in [0.05, 0.1) is 12.6 Å². The predicted molar refractivity (Wildman–Crippen MR) is 377 cm³/mol. The molecule has 1 aliphatic heterocycles. The number of amides is 11. The summed E-state index contributed by atoms with van der Waals surface area (Å²) in [5, 5.41) is 23.5. The zero-order valence-electron chi connectivity index (χ0n) is 63.2. The molecule has 0 bridgehead atoms. The standard InChI is InChI=1S/C73H125N11O13/c1-24-53-69(93)78(17)42-59(86)79(18)54(38-43(2)3)66(90)77-60(47(10)11)72(96)80(19)55(39-44(4)5)65(89)74-50(15)64(88)75-51(16)68(92)81(20)56(40-45(6)7)70(94)82(21)57(41-46(8)9)71(95)83(22)61(48(12)13)73(97)84(23)62(67(91)76-53)63(87)49(14)34-30-27-25-26-28-33-37-58(85)52-35-31-29-32-36-52/h29,31-32,35-36,43-51,53-57,60-63,87H,24-28,30,33-34,37-42H2,1-23H3,(H,74,89)(H,75,88)(H,76,91)(H,77,90)/t49-,50+,51-,53+,54+,55+,56+,57+,60+,61+,62+,63-/m1/s1. The van der Waals surface area contributed by atoms with Gasteiger partial charge in [-0.05, 0) is 100 Å². The van der Waals surface area contributed by atoms with Gasteiger partial charge in [0.1, 0.15) is 60.4 Å². The minimum Gasteiger partial charge on any atom is -0.390 e. The van der Waals surface area contributed by atoms with Gasteiger partial charge in [-0.25, -0.2) is 0 Å². The molecule has 1 aromatic carbocycles. The van der Waals surface area contributed by atoms with E-state index in [2.05, 4.69) is 21.3 Å². The third-order valence-corrected chi connectivity index (χ3v) is 18.7. The molecule has 1 heterocycles. The number of carbonyl (C=O) groups excluding carboxylic acids is 12. The zero-order valence-corrected chi connectivity index (χ0v) is 63.2. The normalized spacial score (nSPS) is 24.9. The number of benzene rings is 1. The van der Waals surface area contributed by atoms with E-state index in [0.29, 0.717) is 24.8 Å². The van der Waals surface area contributed by atoms with Crippen LogP contribution in [0.4, 0.5) is 0 Å². The number of ketones is 1. The number of hydrogen-bond acceptors (Lipinski definition) is 13. The van der Waals surface area contributed by atoms with Crippen LogP contribution in [0, 0.1) is 41.4 Å². The molecule has 1 aliphatic rings. The van der Waals surface area contributed by atoms with Crippen molar-refractivity contribution in [1.82, 2.24) is 55.6 Å². The van der Waals surface area contributed by atoms with Crippen LogP contribution in [0.5, 0.6) is 0 Å². The third-order valence-electron chi connectivity index (χ3n) is 18.7. The number of hydrogen-bond donors (Lipinski definition) is 5. The Labute approximate surface area is 580 Å². The Kier molecular flexibility index (Phi) is 36.2. The summed E-state index contributed by atoms with van der Waals surface area (Å²) in [5.74, 6) is -9.71. The summed E-state index contributed by atoms with van der Waals surface area (Å²) >= 11 is 0. The van der Waals surface area contributed by atoms with E-state index in [9.17, 15) is 43.5 Å². The summed E-state index contributed by atoms with van der Waals surface area (Å²) in [4.78, 5) is 183. The fourth-order valence-corrected chi connectivity index (χ4v) is 12.6. The first-order chi connectivity index (χ1) is 45.1. The highest BCUT2D eigenvalue weighted by molar-refractivity contribution is 6.00. The van der Waals surface area contributed by atoms with E-state index in [1.54, 1.807) is 41.5 Å². The minimum absolute atomic E-state index is 0.0108. The van der Waals surface area contributed by atoms with Gasteiger partial charge >= 0.3 is 0 Å². The van der Waals surface area contributed by atoms with Crippen LogP contribution in [0.15, 0.2) is 30.3 Å². The number of unbranched alkanes of at least 4 members (excludes halogenated alkanes) is 5. The highest BCUT2D eigenvalue weighted by Gasteiger charge is 2.46. The van der Waals surface area contributed by atoms with Crippen LogP contribution in [-0.4, -0.2) is 233 Å². The smallest absolute Gasteiger partial charge is 0.246 e. The van der Waals surface area contributed by atoms with E-state index in [4.69, 9.17) is 0 Å². The maximum Gasteiger partial charge on any atom is 0.246 e. The Bertz CT molecular complexity index is 2780. The van der Waals surface area contributed by atoms with Crippen LogP contribution in [0.1, 0.15) is 205 Å². The maximum atomic E-state index is 15.4.